The molecule has 0 spiro atoms. The fourth-order valence-electron chi connectivity index (χ4n) is 4.06. The fraction of sp³-hybridized carbons (Fsp3) is 0.316. The minimum absolute atomic E-state index is 0.0713. The van der Waals surface area contributed by atoms with Crippen LogP contribution in [0.1, 0.15) is 12.0 Å². The maximum absolute atomic E-state index is 12.7. The summed E-state index contributed by atoms with van der Waals surface area (Å²) in [5, 5.41) is 5.61. The van der Waals surface area contributed by atoms with Gasteiger partial charge in [-0.1, -0.05) is 29.7 Å². The van der Waals surface area contributed by atoms with Crippen molar-refractivity contribution in [3.05, 3.63) is 39.3 Å². The molecule has 1 saturated heterocycles. The van der Waals surface area contributed by atoms with Crippen LogP contribution in [0, 0.1) is 36.0 Å². The number of halogens is 2. The quantitative estimate of drug-likeness (QED) is 0.317. The number of benzene rings is 1. The molecule has 1 aromatic carbocycles. The second kappa shape index (κ2) is 6.57. The van der Waals surface area contributed by atoms with E-state index in [0.29, 0.717) is 20.8 Å². The molecule has 0 unspecified atom stereocenters. The summed E-state index contributed by atoms with van der Waals surface area (Å²) in [5.74, 6) is 2.12. The van der Waals surface area contributed by atoms with E-state index in [1.807, 2.05) is 12.2 Å². The van der Waals surface area contributed by atoms with Gasteiger partial charge in [0.15, 0.2) is 0 Å². The van der Waals surface area contributed by atoms with E-state index in [-0.39, 0.29) is 42.1 Å². The molecule has 132 valence electrons. The van der Waals surface area contributed by atoms with E-state index in [9.17, 15) is 9.59 Å². The molecular weight excluding hydrogens is 420 g/mol. The third-order valence-electron chi connectivity index (χ3n) is 5.10. The van der Waals surface area contributed by atoms with Crippen LogP contribution in [0.5, 0.6) is 5.75 Å². The SMILES string of the molecule is C#CCOc1c(Br)cc(Cl)cc1C=NN1C(=O)[C@@H]2[C@H](C1=O)[C@H]1C=C[C@H]2C1. The van der Waals surface area contributed by atoms with Crippen molar-refractivity contribution in [3.63, 3.8) is 0 Å². The van der Waals surface area contributed by atoms with Crippen molar-refractivity contribution >= 4 is 45.6 Å². The molecule has 4 atom stereocenters. The average Bonchev–Trinajstić information content (AvgIpc) is 3.27. The van der Waals surface area contributed by atoms with Crippen molar-refractivity contribution in [1.82, 2.24) is 5.01 Å². The molecule has 1 heterocycles. The Labute approximate surface area is 164 Å². The van der Waals surface area contributed by atoms with E-state index in [1.165, 1.54) is 6.21 Å². The van der Waals surface area contributed by atoms with E-state index >= 15 is 0 Å². The van der Waals surface area contributed by atoms with Gasteiger partial charge in [0.1, 0.15) is 12.4 Å². The number of allylic oxidation sites excluding steroid dienone is 2. The largest absolute Gasteiger partial charge is 0.479 e. The molecule has 2 aliphatic carbocycles. The molecule has 0 aromatic heterocycles. The normalized spacial score (nSPS) is 28.9. The summed E-state index contributed by atoms with van der Waals surface area (Å²) in [6.07, 6.45) is 11.6. The van der Waals surface area contributed by atoms with Gasteiger partial charge in [-0.2, -0.15) is 10.1 Å². The van der Waals surface area contributed by atoms with Gasteiger partial charge in [0.25, 0.3) is 11.8 Å². The Morgan fingerprint density at radius 2 is 1.96 bits per heavy atom. The summed E-state index contributed by atoms with van der Waals surface area (Å²) in [4.78, 5) is 25.3. The number of nitrogens with zero attached hydrogens (tertiary/aromatic N) is 2. The first kappa shape index (κ1) is 17.3. The third-order valence-corrected chi connectivity index (χ3v) is 5.90. The fourth-order valence-corrected chi connectivity index (χ4v) is 5.01. The second-order valence-corrected chi connectivity index (χ2v) is 7.82. The Balaban J connectivity index is 1.62. The van der Waals surface area contributed by atoms with Crippen LogP contribution < -0.4 is 4.74 Å². The monoisotopic (exact) mass is 432 g/mol. The van der Waals surface area contributed by atoms with Gasteiger partial charge in [0.05, 0.1) is 22.5 Å². The van der Waals surface area contributed by atoms with Crippen molar-refractivity contribution in [1.29, 1.82) is 0 Å². The predicted molar refractivity (Wildman–Crippen MR) is 101 cm³/mol. The van der Waals surface area contributed by atoms with E-state index in [1.54, 1.807) is 12.1 Å². The highest BCUT2D eigenvalue weighted by atomic mass is 79.9. The van der Waals surface area contributed by atoms with Gasteiger partial charge >= 0.3 is 0 Å². The number of rotatable bonds is 4. The van der Waals surface area contributed by atoms with Crippen LogP contribution in [-0.4, -0.2) is 29.6 Å². The molecule has 0 N–H and O–H groups in total. The molecule has 1 saturated carbocycles. The number of hydrogen-bond donors (Lipinski definition) is 0. The van der Waals surface area contributed by atoms with E-state index in [0.717, 1.165) is 11.4 Å². The molecule has 1 aromatic rings. The molecule has 2 bridgehead atoms. The predicted octanol–water partition coefficient (Wildman–Crippen LogP) is 3.26. The summed E-state index contributed by atoms with van der Waals surface area (Å²) in [6, 6.07) is 3.31. The summed E-state index contributed by atoms with van der Waals surface area (Å²) in [6.45, 7) is 0.0713. The van der Waals surface area contributed by atoms with Crippen molar-refractivity contribution in [2.45, 2.75) is 6.42 Å². The van der Waals surface area contributed by atoms with Crippen LogP contribution >= 0.6 is 27.5 Å². The Hall–Kier alpha value is -2.10. The highest BCUT2D eigenvalue weighted by Crippen LogP contribution is 2.52. The van der Waals surface area contributed by atoms with Crippen LogP contribution in [-0.2, 0) is 9.59 Å². The lowest BCUT2D eigenvalue weighted by molar-refractivity contribution is -0.140. The van der Waals surface area contributed by atoms with Crippen LogP contribution in [0.25, 0.3) is 0 Å². The minimum Gasteiger partial charge on any atom is -0.479 e. The maximum atomic E-state index is 12.7. The lowest BCUT2D eigenvalue weighted by atomic mass is 9.85. The van der Waals surface area contributed by atoms with Crippen LogP contribution in [0.4, 0.5) is 0 Å². The van der Waals surface area contributed by atoms with E-state index in [2.05, 4.69) is 27.0 Å². The van der Waals surface area contributed by atoms with Gasteiger partial charge in [-0.3, -0.25) is 9.59 Å². The lowest BCUT2D eigenvalue weighted by Crippen LogP contribution is -2.28. The van der Waals surface area contributed by atoms with E-state index in [4.69, 9.17) is 22.8 Å². The molecule has 0 radical (unpaired) electrons. The Kier molecular flexibility index (Phi) is 4.37. The molecule has 2 fully saturated rings. The number of hydrogen-bond acceptors (Lipinski definition) is 4. The number of ether oxygens (including phenoxy) is 1. The Morgan fingerprint density at radius 1 is 1.31 bits per heavy atom. The number of carbonyl (C=O) groups is 2. The zero-order valence-electron chi connectivity index (χ0n) is 13.6. The molecule has 2 amide bonds. The van der Waals surface area contributed by atoms with Gasteiger partial charge < -0.3 is 4.74 Å². The first-order valence-electron chi connectivity index (χ1n) is 8.16. The molecule has 3 aliphatic rings. The number of amides is 2. The molecule has 4 rings (SSSR count). The van der Waals surface area contributed by atoms with Gasteiger partial charge in [-0.05, 0) is 46.3 Å². The number of hydrazone groups is 1. The van der Waals surface area contributed by atoms with Gasteiger partial charge in [0.2, 0.25) is 0 Å². The first-order valence-corrected chi connectivity index (χ1v) is 9.33. The molecular formula is C19H14BrClN2O3. The summed E-state index contributed by atoms with van der Waals surface area (Å²) in [5.41, 5.74) is 0.526. The zero-order valence-corrected chi connectivity index (χ0v) is 15.9. The minimum atomic E-state index is -0.280. The highest BCUT2D eigenvalue weighted by Gasteiger charge is 2.59. The van der Waals surface area contributed by atoms with Crippen molar-refractivity contribution in [3.8, 4) is 18.1 Å². The summed E-state index contributed by atoms with van der Waals surface area (Å²) < 4.78 is 6.14. The van der Waals surface area contributed by atoms with Gasteiger partial charge in [-0.25, -0.2) is 0 Å². The maximum Gasteiger partial charge on any atom is 0.254 e. The number of carbonyl (C=O) groups excluding carboxylic acids is 2. The average molecular weight is 434 g/mol. The molecule has 26 heavy (non-hydrogen) atoms. The van der Waals surface area contributed by atoms with Crippen molar-refractivity contribution in [2.75, 3.05) is 6.61 Å². The number of imide groups is 1. The highest BCUT2D eigenvalue weighted by molar-refractivity contribution is 9.10. The zero-order chi connectivity index (χ0) is 18.4. The van der Waals surface area contributed by atoms with E-state index < -0.39 is 0 Å². The molecule has 1 aliphatic heterocycles. The Bertz CT molecular complexity index is 875. The topological polar surface area (TPSA) is 59.0 Å². The standard InChI is InChI=1S/C19H14BrClN2O3/c1-2-5-26-17-12(7-13(21)8-14(17)20)9-22-23-18(24)15-10-3-4-11(6-10)16(15)19(23)25/h1,3-4,7-11,15-16H,5-6H2/t10-,11-,15-,16+/m0/s1. The van der Waals surface area contributed by atoms with Gasteiger partial charge in [-0.15, -0.1) is 6.42 Å². The van der Waals surface area contributed by atoms with Crippen molar-refractivity contribution < 1.29 is 14.3 Å². The number of fused-ring (bicyclic) bond motifs is 5. The number of terminal acetylenes is 1. The summed E-state index contributed by atoms with van der Waals surface area (Å²) >= 11 is 9.46. The van der Waals surface area contributed by atoms with Crippen LogP contribution in [0.15, 0.2) is 33.9 Å². The van der Waals surface area contributed by atoms with Crippen LogP contribution in [0.2, 0.25) is 5.02 Å². The van der Waals surface area contributed by atoms with Crippen molar-refractivity contribution in [2.24, 2.45) is 28.8 Å². The lowest BCUT2D eigenvalue weighted by Gasteiger charge is -2.13. The second-order valence-electron chi connectivity index (χ2n) is 6.53. The Morgan fingerprint density at radius 3 is 2.58 bits per heavy atom. The van der Waals surface area contributed by atoms with Gasteiger partial charge in [0, 0.05) is 10.6 Å². The summed E-state index contributed by atoms with van der Waals surface area (Å²) in [7, 11) is 0. The molecule has 5 nitrogen and oxygen atoms in total. The first-order chi connectivity index (χ1) is 12.5. The molecule has 7 heteroatoms. The van der Waals surface area contributed by atoms with Crippen LogP contribution in [0.3, 0.4) is 0 Å². The third kappa shape index (κ3) is 2.67. The smallest absolute Gasteiger partial charge is 0.254 e.